The van der Waals surface area contributed by atoms with Crippen LogP contribution in [0.5, 0.6) is 0 Å². The normalized spacial score (nSPS) is 12.5. The van der Waals surface area contributed by atoms with E-state index < -0.39 is 124 Å². The summed E-state index contributed by atoms with van der Waals surface area (Å²) in [5.41, 5.74) is 0.777. The second-order valence-electron chi connectivity index (χ2n) is 24.0. The second kappa shape index (κ2) is 55.0. The monoisotopic (exact) mass is 1280 g/mol. The SMILES string of the molecule is CCCCCCCCCCCCCCCCCCN(CCCCCCCCCCCCCCCCCC)C(=O)COCC(=O)NCC(=O)NCC(=O)NCC(=O)NCC(=O)N1CCC[C@H]1C(=O)NCC(=O)NCC(=O)NCC(=O)NCC(=O)OCc1ccccc1. The molecule has 8 N–H and O–H groups in total. The molecule has 0 radical (unpaired) electrons. The van der Waals surface area contributed by atoms with E-state index in [4.69, 9.17) is 9.47 Å². The topological polar surface area (TPSA) is 309 Å². The van der Waals surface area contributed by atoms with Crippen LogP contribution in [0.15, 0.2) is 30.3 Å². The summed E-state index contributed by atoms with van der Waals surface area (Å²) in [6, 6.07) is 8.04. The highest BCUT2D eigenvalue weighted by Gasteiger charge is 2.34. The second-order valence-corrected chi connectivity index (χ2v) is 24.0. The lowest BCUT2D eigenvalue weighted by Crippen LogP contribution is -2.51. The van der Waals surface area contributed by atoms with Gasteiger partial charge in [0.25, 0.3) is 0 Å². The summed E-state index contributed by atoms with van der Waals surface area (Å²) in [6.07, 6.45) is 41.6. The van der Waals surface area contributed by atoms with E-state index in [0.717, 1.165) is 44.1 Å². The Morgan fingerprint density at radius 2 is 0.747 bits per heavy atom. The third-order valence-corrected chi connectivity index (χ3v) is 16.0. The number of hydrogen-bond donors (Lipinski definition) is 8. The van der Waals surface area contributed by atoms with Crippen molar-refractivity contribution in [1.82, 2.24) is 52.3 Å². The van der Waals surface area contributed by atoms with Gasteiger partial charge in [0.15, 0.2) is 0 Å². The highest BCUT2D eigenvalue weighted by molar-refractivity contribution is 5.95. The van der Waals surface area contributed by atoms with E-state index in [1.807, 2.05) is 11.0 Å². The molecule has 23 heteroatoms. The van der Waals surface area contributed by atoms with Crippen LogP contribution in [0.25, 0.3) is 0 Å². The predicted molar refractivity (Wildman–Crippen MR) is 352 cm³/mol. The fourth-order valence-corrected chi connectivity index (χ4v) is 10.6. The third-order valence-electron chi connectivity index (χ3n) is 16.0. The molecule has 1 fully saturated rings. The van der Waals surface area contributed by atoms with Crippen molar-refractivity contribution >= 4 is 65.0 Å². The molecular weight excluding hydrogens is 1160 g/mol. The summed E-state index contributed by atoms with van der Waals surface area (Å²) >= 11 is 0. The minimum Gasteiger partial charge on any atom is -0.460 e. The average Bonchev–Trinajstić information content (AvgIpc) is 3.50. The number of carbonyl (C=O) groups is 11. The van der Waals surface area contributed by atoms with Gasteiger partial charge in [-0.1, -0.05) is 237 Å². The number of nitrogens with zero attached hydrogens (tertiary/aromatic N) is 2. The molecule has 0 bridgehead atoms. The van der Waals surface area contributed by atoms with Gasteiger partial charge in [-0.15, -0.1) is 0 Å². The number of ether oxygens (including phenoxy) is 2. The standard InChI is InChI=1S/C68H116N10O13/c1-3-5-7-9-11-13-15-17-19-21-23-25-27-29-31-36-42-77(43-37-32-30-28-26-24-22-20-18-16-14-12-10-8-6-4-2)66(87)55-90-54-64(85)73-49-60(81)69-45-58(79)70-47-61(82)74-51-65(86)78-44-38-41-57(78)68(89)76-50-63(84)72-46-59(80)71-48-62(83)75-52-67(88)91-53-56-39-34-33-35-40-56/h33-35,39-40,57H,3-32,36-38,41-55H2,1-2H3,(H,69,81)(H,70,79)(H,71,80)(H,72,84)(H,73,85)(H,74,82)(H,75,83)(H,76,89)/t57-/m0/s1. The molecule has 91 heavy (non-hydrogen) atoms. The Labute approximate surface area is 543 Å². The number of benzene rings is 1. The maximum absolute atomic E-state index is 13.4. The van der Waals surface area contributed by atoms with Crippen molar-refractivity contribution in [2.24, 2.45) is 0 Å². The number of rotatable bonds is 57. The molecule has 1 heterocycles. The molecule has 1 atom stereocenters. The van der Waals surface area contributed by atoms with Gasteiger partial charge >= 0.3 is 5.97 Å². The van der Waals surface area contributed by atoms with Crippen molar-refractivity contribution in [3.05, 3.63) is 35.9 Å². The van der Waals surface area contributed by atoms with Gasteiger partial charge in [0.05, 0.1) is 45.8 Å². The molecule has 10 amide bonds. The minimum atomic E-state index is -0.929. The molecule has 0 aromatic heterocycles. The molecule has 2 rings (SSSR count). The molecule has 1 aliphatic heterocycles. The van der Waals surface area contributed by atoms with E-state index in [1.54, 1.807) is 24.3 Å². The van der Waals surface area contributed by atoms with E-state index in [0.29, 0.717) is 25.9 Å². The number of hydrogen-bond acceptors (Lipinski definition) is 13. The first-order chi connectivity index (χ1) is 44.2. The average molecular weight is 1280 g/mol. The Kier molecular flexibility index (Phi) is 48.6. The first kappa shape index (κ1) is 80.4. The Bertz CT molecular complexity index is 2190. The van der Waals surface area contributed by atoms with Crippen LogP contribution in [0.3, 0.4) is 0 Å². The Morgan fingerprint density at radius 3 is 1.14 bits per heavy atom. The Morgan fingerprint density at radius 1 is 0.407 bits per heavy atom. The largest absolute Gasteiger partial charge is 0.460 e. The van der Waals surface area contributed by atoms with Crippen LogP contribution in [0, 0.1) is 0 Å². The number of unbranched alkanes of at least 4 members (excludes halogenated alkanes) is 30. The Hall–Kier alpha value is -6.65. The summed E-state index contributed by atoms with van der Waals surface area (Å²) in [5.74, 6) is -6.85. The summed E-state index contributed by atoms with van der Waals surface area (Å²) in [6.45, 7) is 1.51. The zero-order valence-corrected chi connectivity index (χ0v) is 55.6. The summed E-state index contributed by atoms with van der Waals surface area (Å²) < 4.78 is 10.6. The summed E-state index contributed by atoms with van der Waals surface area (Å²) in [4.78, 5) is 141. The lowest BCUT2D eigenvalue weighted by molar-refractivity contribution is -0.145. The van der Waals surface area contributed by atoms with E-state index in [2.05, 4.69) is 56.4 Å². The summed E-state index contributed by atoms with van der Waals surface area (Å²) in [7, 11) is 0. The van der Waals surface area contributed by atoms with Crippen LogP contribution in [0.4, 0.5) is 0 Å². The summed E-state index contributed by atoms with van der Waals surface area (Å²) in [5, 5.41) is 18.8. The molecule has 1 aromatic rings. The quantitative estimate of drug-likeness (QED) is 0.0241. The van der Waals surface area contributed by atoms with Crippen LogP contribution in [0.2, 0.25) is 0 Å². The van der Waals surface area contributed by atoms with Crippen molar-refractivity contribution < 1.29 is 62.2 Å². The maximum Gasteiger partial charge on any atom is 0.325 e. The van der Waals surface area contributed by atoms with Crippen LogP contribution in [-0.4, -0.2) is 166 Å². The van der Waals surface area contributed by atoms with Gasteiger partial charge in [0, 0.05) is 19.6 Å². The molecule has 1 saturated heterocycles. The van der Waals surface area contributed by atoms with Crippen molar-refractivity contribution in [3.8, 4) is 0 Å². The first-order valence-corrected chi connectivity index (χ1v) is 34.7. The molecular formula is C68H116N10O13. The smallest absolute Gasteiger partial charge is 0.325 e. The van der Waals surface area contributed by atoms with Gasteiger partial charge < -0.3 is 61.8 Å². The fraction of sp³-hybridized carbons (Fsp3) is 0.750. The van der Waals surface area contributed by atoms with E-state index in [-0.39, 0.29) is 25.7 Å². The van der Waals surface area contributed by atoms with E-state index in [1.165, 1.54) is 172 Å². The lowest BCUT2D eigenvalue weighted by Gasteiger charge is -2.24. The maximum atomic E-state index is 13.4. The van der Waals surface area contributed by atoms with Crippen molar-refractivity contribution in [2.75, 3.05) is 85.2 Å². The van der Waals surface area contributed by atoms with E-state index in [9.17, 15) is 52.7 Å². The zero-order chi connectivity index (χ0) is 66.2. The van der Waals surface area contributed by atoms with Crippen molar-refractivity contribution in [2.45, 2.75) is 245 Å². The molecule has 0 spiro atoms. The molecule has 516 valence electrons. The molecule has 23 nitrogen and oxygen atoms in total. The van der Waals surface area contributed by atoms with Gasteiger partial charge in [-0.05, 0) is 31.2 Å². The molecule has 0 unspecified atom stereocenters. The van der Waals surface area contributed by atoms with Crippen LogP contribution < -0.4 is 42.5 Å². The van der Waals surface area contributed by atoms with Crippen LogP contribution in [0.1, 0.15) is 238 Å². The zero-order valence-electron chi connectivity index (χ0n) is 55.6. The number of amides is 10. The van der Waals surface area contributed by atoms with Gasteiger partial charge in [-0.25, -0.2) is 0 Å². The fourth-order valence-electron chi connectivity index (χ4n) is 10.6. The van der Waals surface area contributed by atoms with E-state index >= 15 is 0 Å². The predicted octanol–water partition coefficient (Wildman–Crippen LogP) is 7.02. The number of likely N-dealkylation sites (tertiary alicyclic amines) is 1. The van der Waals surface area contributed by atoms with Crippen molar-refractivity contribution in [1.29, 1.82) is 0 Å². The molecule has 1 aromatic carbocycles. The molecule has 0 aliphatic carbocycles. The number of esters is 1. The lowest BCUT2D eigenvalue weighted by atomic mass is 10.0. The van der Waals surface area contributed by atoms with Crippen LogP contribution in [-0.2, 0) is 68.8 Å². The highest BCUT2D eigenvalue weighted by Crippen LogP contribution is 2.19. The van der Waals surface area contributed by atoms with Gasteiger partial charge in [0.1, 0.15) is 32.4 Å². The number of carbonyl (C=O) groups excluding carboxylic acids is 11. The molecule has 0 saturated carbocycles. The number of nitrogens with one attached hydrogen (secondary N) is 8. The molecule has 1 aliphatic rings. The van der Waals surface area contributed by atoms with Crippen LogP contribution >= 0.6 is 0 Å². The highest BCUT2D eigenvalue weighted by atomic mass is 16.5. The Balaban J connectivity index is 1.61. The van der Waals surface area contributed by atoms with Gasteiger partial charge in [-0.3, -0.25) is 52.7 Å². The first-order valence-electron chi connectivity index (χ1n) is 34.7. The third kappa shape index (κ3) is 45.3. The van der Waals surface area contributed by atoms with Crippen molar-refractivity contribution in [3.63, 3.8) is 0 Å². The van der Waals surface area contributed by atoms with Gasteiger partial charge in [-0.2, -0.15) is 0 Å². The van der Waals surface area contributed by atoms with Gasteiger partial charge in [0.2, 0.25) is 59.1 Å². The minimum absolute atomic E-state index is 0.0384.